The first-order valence-corrected chi connectivity index (χ1v) is 8.99. The Hall–Kier alpha value is -1.11. The quantitative estimate of drug-likeness (QED) is 0.742. The van der Waals surface area contributed by atoms with Crippen molar-refractivity contribution in [2.24, 2.45) is 0 Å². The van der Waals surface area contributed by atoms with Crippen molar-refractivity contribution in [1.82, 2.24) is 9.62 Å². The van der Waals surface area contributed by atoms with Crippen molar-refractivity contribution in [2.75, 3.05) is 37.5 Å². The normalized spacial score (nSPS) is 14.7. The second-order valence-corrected chi connectivity index (χ2v) is 7.34. The van der Waals surface area contributed by atoms with Crippen LogP contribution in [0.3, 0.4) is 0 Å². The van der Waals surface area contributed by atoms with Crippen molar-refractivity contribution < 1.29 is 8.42 Å². The Balaban J connectivity index is 1.96. The second-order valence-electron chi connectivity index (χ2n) is 5.38. The van der Waals surface area contributed by atoms with E-state index in [1.54, 1.807) is 7.05 Å². The van der Waals surface area contributed by atoms with Gasteiger partial charge in [-0.05, 0) is 44.0 Å². The Bertz CT molecular complexity index is 560. The zero-order chi connectivity index (χ0) is 15.3. The van der Waals surface area contributed by atoms with Crippen LogP contribution in [0, 0.1) is 0 Å². The van der Waals surface area contributed by atoms with Crippen LogP contribution < -0.4 is 9.62 Å². The molecule has 0 aromatic heterocycles. The van der Waals surface area contributed by atoms with E-state index in [4.69, 9.17) is 0 Å². The summed E-state index contributed by atoms with van der Waals surface area (Å²) >= 11 is 0. The maximum Gasteiger partial charge on any atom is 0.303 e. The number of para-hydroxylation sites is 1. The summed E-state index contributed by atoms with van der Waals surface area (Å²) in [5.74, 6) is 0. The predicted octanol–water partition coefficient (Wildman–Crippen LogP) is 1.62. The van der Waals surface area contributed by atoms with E-state index < -0.39 is 10.2 Å². The zero-order valence-electron chi connectivity index (χ0n) is 12.9. The number of hydrogen-bond donors (Lipinski definition) is 1. The van der Waals surface area contributed by atoms with Crippen molar-refractivity contribution in [3.63, 3.8) is 0 Å². The minimum absolute atomic E-state index is 0.539. The summed E-state index contributed by atoms with van der Waals surface area (Å²) in [6.07, 6.45) is 2.71. The van der Waals surface area contributed by atoms with E-state index in [-0.39, 0.29) is 0 Å². The first-order valence-electron chi connectivity index (χ1n) is 7.60. The van der Waals surface area contributed by atoms with Gasteiger partial charge in [-0.1, -0.05) is 25.1 Å². The summed E-state index contributed by atoms with van der Waals surface area (Å²) in [4.78, 5) is 0. The first kappa shape index (κ1) is 16.3. The van der Waals surface area contributed by atoms with E-state index >= 15 is 0 Å². The van der Waals surface area contributed by atoms with E-state index in [0.29, 0.717) is 13.1 Å². The van der Waals surface area contributed by atoms with Gasteiger partial charge in [0.2, 0.25) is 0 Å². The van der Waals surface area contributed by atoms with Gasteiger partial charge in [-0.2, -0.15) is 12.7 Å². The number of nitrogens with zero attached hydrogens (tertiary/aromatic N) is 2. The molecule has 118 valence electrons. The molecule has 1 N–H and O–H groups in total. The van der Waals surface area contributed by atoms with Gasteiger partial charge < -0.3 is 5.32 Å². The topological polar surface area (TPSA) is 52.7 Å². The molecule has 0 saturated carbocycles. The Morgan fingerprint density at radius 3 is 2.81 bits per heavy atom. The van der Waals surface area contributed by atoms with Crippen LogP contribution in [0.4, 0.5) is 5.69 Å². The van der Waals surface area contributed by atoms with Gasteiger partial charge in [-0.15, -0.1) is 0 Å². The van der Waals surface area contributed by atoms with Gasteiger partial charge in [-0.3, -0.25) is 4.31 Å². The van der Waals surface area contributed by atoms with Crippen LogP contribution in [0.25, 0.3) is 0 Å². The molecule has 0 atom stereocenters. The molecule has 0 bridgehead atoms. The van der Waals surface area contributed by atoms with Crippen molar-refractivity contribution in [3.05, 3.63) is 29.8 Å². The minimum Gasteiger partial charge on any atom is -0.317 e. The highest BCUT2D eigenvalue weighted by atomic mass is 32.2. The third-order valence-electron chi connectivity index (χ3n) is 3.77. The van der Waals surface area contributed by atoms with E-state index in [0.717, 1.165) is 43.6 Å². The molecule has 1 aliphatic rings. The second kappa shape index (κ2) is 7.24. The molecule has 0 radical (unpaired) electrons. The molecule has 1 heterocycles. The summed E-state index contributed by atoms with van der Waals surface area (Å²) in [7, 11) is -1.74. The lowest BCUT2D eigenvalue weighted by Gasteiger charge is -2.26. The Morgan fingerprint density at radius 2 is 2.05 bits per heavy atom. The predicted molar refractivity (Wildman–Crippen MR) is 86.8 cm³/mol. The fourth-order valence-electron chi connectivity index (χ4n) is 2.56. The van der Waals surface area contributed by atoms with Gasteiger partial charge in [0.15, 0.2) is 0 Å². The van der Waals surface area contributed by atoms with E-state index in [1.165, 1.54) is 8.61 Å². The third kappa shape index (κ3) is 3.75. The summed E-state index contributed by atoms with van der Waals surface area (Å²) in [5.41, 5.74) is 1.94. The summed E-state index contributed by atoms with van der Waals surface area (Å²) in [6.45, 7) is 5.03. The van der Waals surface area contributed by atoms with Crippen molar-refractivity contribution in [3.8, 4) is 0 Å². The lowest BCUT2D eigenvalue weighted by Crippen LogP contribution is -2.42. The molecule has 0 aliphatic carbocycles. The first-order chi connectivity index (χ1) is 10.1. The van der Waals surface area contributed by atoms with E-state index in [1.807, 2.05) is 24.3 Å². The van der Waals surface area contributed by atoms with Crippen LogP contribution >= 0.6 is 0 Å². The van der Waals surface area contributed by atoms with E-state index in [9.17, 15) is 8.42 Å². The van der Waals surface area contributed by atoms with Crippen LogP contribution in [0.15, 0.2) is 24.3 Å². The standard InChI is InChI=1S/C15H25N3O2S/c1-3-10-16-11-6-12-17(2)21(19,20)18-13-9-14-7-4-5-8-15(14)18/h4-5,7-8,16H,3,6,9-13H2,1-2H3. The number of hydrogen-bond acceptors (Lipinski definition) is 3. The number of anilines is 1. The molecule has 0 amide bonds. The smallest absolute Gasteiger partial charge is 0.303 e. The van der Waals surface area contributed by atoms with Gasteiger partial charge in [0.25, 0.3) is 0 Å². The molecule has 0 fully saturated rings. The third-order valence-corrected chi connectivity index (χ3v) is 5.68. The molecular formula is C15H25N3O2S. The maximum atomic E-state index is 12.6. The molecule has 0 spiro atoms. The molecule has 21 heavy (non-hydrogen) atoms. The Kier molecular flexibility index (Phi) is 5.61. The zero-order valence-corrected chi connectivity index (χ0v) is 13.7. The maximum absolute atomic E-state index is 12.6. The molecule has 1 aromatic rings. The summed E-state index contributed by atoms with van der Waals surface area (Å²) in [5, 5.41) is 3.29. The summed E-state index contributed by atoms with van der Waals surface area (Å²) in [6, 6.07) is 7.73. The molecular weight excluding hydrogens is 286 g/mol. The SMILES string of the molecule is CCCNCCCN(C)S(=O)(=O)N1CCc2ccccc21. The van der Waals surface area contributed by atoms with Gasteiger partial charge in [0, 0.05) is 20.1 Å². The molecule has 1 aromatic carbocycles. The number of rotatable bonds is 8. The Labute approximate surface area is 128 Å². The molecule has 2 rings (SSSR count). The van der Waals surface area contributed by atoms with Crippen LogP contribution in [0.1, 0.15) is 25.3 Å². The average molecular weight is 311 g/mol. The molecule has 5 nitrogen and oxygen atoms in total. The molecule has 1 aliphatic heterocycles. The van der Waals surface area contributed by atoms with Gasteiger partial charge in [0.05, 0.1) is 5.69 Å². The van der Waals surface area contributed by atoms with Gasteiger partial charge in [-0.25, -0.2) is 0 Å². The molecule has 0 saturated heterocycles. The highest BCUT2D eigenvalue weighted by Gasteiger charge is 2.31. The lowest BCUT2D eigenvalue weighted by atomic mass is 10.2. The number of benzene rings is 1. The van der Waals surface area contributed by atoms with Crippen molar-refractivity contribution >= 4 is 15.9 Å². The van der Waals surface area contributed by atoms with Crippen LogP contribution in [0.5, 0.6) is 0 Å². The number of fused-ring (bicyclic) bond motifs is 1. The van der Waals surface area contributed by atoms with Crippen LogP contribution in [-0.2, 0) is 16.6 Å². The largest absolute Gasteiger partial charge is 0.317 e. The van der Waals surface area contributed by atoms with Crippen LogP contribution in [0.2, 0.25) is 0 Å². The van der Waals surface area contributed by atoms with Crippen molar-refractivity contribution in [1.29, 1.82) is 0 Å². The van der Waals surface area contributed by atoms with Gasteiger partial charge >= 0.3 is 10.2 Å². The fourth-order valence-corrected chi connectivity index (χ4v) is 4.00. The average Bonchev–Trinajstić information content (AvgIpc) is 2.91. The number of nitrogens with one attached hydrogen (secondary N) is 1. The fraction of sp³-hybridized carbons (Fsp3) is 0.600. The van der Waals surface area contributed by atoms with Gasteiger partial charge in [0.1, 0.15) is 0 Å². The monoisotopic (exact) mass is 311 g/mol. The molecule has 0 unspecified atom stereocenters. The lowest BCUT2D eigenvalue weighted by molar-refractivity contribution is 0.452. The van der Waals surface area contributed by atoms with Crippen LogP contribution in [-0.4, -0.2) is 45.9 Å². The highest BCUT2D eigenvalue weighted by molar-refractivity contribution is 7.90. The Morgan fingerprint density at radius 1 is 1.29 bits per heavy atom. The minimum atomic E-state index is -3.41. The van der Waals surface area contributed by atoms with E-state index in [2.05, 4.69) is 12.2 Å². The molecule has 6 heteroatoms. The highest BCUT2D eigenvalue weighted by Crippen LogP contribution is 2.30. The van der Waals surface area contributed by atoms with Crippen molar-refractivity contribution in [2.45, 2.75) is 26.2 Å². The summed E-state index contributed by atoms with van der Waals surface area (Å²) < 4.78 is 28.3.